The molecule has 0 aliphatic carbocycles. The number of fused-ring (bicyclic) bond motifs is 2. The Morgan fingerprint density at radius 2 is 1.92 bits per heavy atom. The van der Waals surface area contributed by atoms with E-state index in [9.17, 15) is 4.79 Å². The molecule has 1 N–H and O–H groups in total. The highest BCUT2D eigenvalue weighted by atomic mass is 16.7. The van der Waals surface area contributed by atoms with E-state index in [1.165, 1.54) is 0 Å². The zero-order chi connectivity index (χ0) is 16.7. The maximum atomic E-state index is 12.2. The molecule has 0 aromatic heterocycles. The third kappa shape index (κ3) is 2.31. The van der Waals surface area contributed by atoms with E-state index in [1.54, 1.807) is 14.2 Å². The molecule has 0 unspecified atom stereocenters. The first kappa shape index (κ1) is 14.7. The number of amides is 1. The van der Waals surface area contributed by atoms with Crippen LogP contribution in [0, 0.1) is 0 Å². The molecule has 6 nitrogen and oxygen atoms in total. The van der Waals surface area contributed by atoms with Crippen molar-refractivity contribution in [1.82, 2.24) is 0 Å². The number of methoxy groups -OCH3 is 2. The molecule has 0 spiro atoms. The van der Waals surface area contributed by atoms with Crippen LogP contribution in [0.1, 0.15) is 23.5 Å². The van der Waals surface area contributed by atoms with Crippen molar-refractivity contribution in [2.24, 2.45) is 0 Å². The fraction of sp³-hybridized carbons (Fsp3) is 0.278. The zero-order valence-corrected chi connectivity index (χ0v) is 13.4. The molecule has 0 bridgehead atoms. The Hall–Kier alpha value is -2.89. The lowest BCUT2D eigenvalue weighted by Crippen LogP contribution is -2.24. The summed E-state index contributed by atoms with van der Waals surface area (Å²) in [5.41, 5.74) is 2.64. The van der Waals surface area contributed by atoms with Gasteiger partial charge in [-0.15, -0.1) is 0 Å². The summed E-state index contributed by atoms with van der Waals surface area (Å²) >= 11 is 0. The molecular weight excluding hydrogens is 310 g/mol. The van der Waals surface area contributed by atoms with Crippen LogP contribution in [0.15, 0.2) is 30.3 Å². The number of rotatable bonds is 3. The van der Waals surface area contributed by atoms with Gasteiger partial charge in [0, 0.05) is 30.0 Å². The molecule has 2 aliphatic heterocycles. The average molecular weight is 327 g/mol. The summed E-state index contributed by atoms with van der Waals surface area (Å²) in [6, 6.07) is 9.41. The lowest BCUT2D eigenvalue weighted by Gasteiger charge is -2.28. The van der Waals surface area contributed by atoms with Crippen molar-refractivity contribution >= 4 is 11.6 Å². The minimum Gasteiger partial charge on any atom is -0.497 e. The summed E-state index contributed by atoms with van der Waals surface area (Å²) in [5.74, 6) is 2.59. The molecule has 0 saturated heterocycles. The van der Waals surface area contributed by atoms with E-state index >= 15 is 0 Å². The Labute approximate surface area is 139 Å². The van der Waals surface area contributed by atoms with Crippen molar-refractivity contribution in [3.8, 4) is 23.0 Å². The van der Waals surface area contributed by atoms with E-state index in [4.69, 9.17) is 18.9 Å². The van der Waals surface area contributed by atoms with Crippen LogP contribution in [0.25, 0.3) is 0 Å². The van der Waals surface area contributed by atoms with E-state index in [0.717, 1.165) is 16.9 Å². The SMILES string of the molecule is COc1cc2c(c(OC)c1)[C@H](c1ccc3c(c1)OCO3)CC(=O)N2. The minimum absolute atomic E-state index is 0.0412. The molecule has 2 aromatic rings. The fourth-order valence-electron chi connectivity index (χ4n) is 3.25. The molecule has 2 heterocycles. The van der Waals surface area contributed by atoms with Gasteiger partial charge < -0.3 is 24.3 Å². The van der Waals surface area contributed by atoms with Crippen molar-refractivity contribution in [3.05, 3.63) is 41.5 Å². The van der Waals surface area contributed by atoms with Crippen LogP contribution in [-0.2, 0) is 4.79 Å². The quantitative estimate of drug-likeness (QED) is 0.939. The van der Waals surface area contributed by atoms with Gasteiger partial charge in [0.15, 0.2) is 11.5 Å². The molecule has 0 radical (unpaired) electrons. The standard InChI is InChI=1S/C18H17NO5/c1-21-11-6-13-18(16(7-11)22-2)12(8-17(20)19-13)10-3-4-14-15(5-10)24-9-23-14/h3-7,12H,8-9H2,1-2H3,(H,19,20)/t12-/m0/s1. The van der Waals surface area contributed by atoms with Gasteiger partial charge in [-0.25, -0.2) is 0 Å². The molecular formula is C18H17NO5. The topological polar surface area (TPSA) is 66.0 Å². The summed E-state index contributed by atoms with van der Waals surface area (Å²) in [6.45, 7) is 0.223. The summed E-state index contributed by atoms with van der Waals surface area (Å²) in [7, 11) is 3.20. The minimum atomic E-state index is -0.121. The van der Waals surface area contributed by atoms with Crippen LogP contribution in [0.5, 0.6) is 23.0 Å². The van der Waals surface area contributed by atoms with Gasteiger partial charge in [0.25, 0.3) is 0 Å². The van der Waals surface area contributed by atoms with Gasteiger partial charge in [0.1, 0.15) is 11.5 Å². The van der Waals surface area contributed by atoms with Crippen molar-refractivity contribution in [2.45, 2.75) is 12.3 Å². The average Bonchev–Trinajstić information content (AvgIpc) is 3.07. The fourth-order valence-corrected chi connectivity index (χ4v) is 3.25. The smallest absolute Gasteiger partial charge is 0.231 e. The van der Waals surface area contributed by atoms with Crippen LogP contribution >= 0.6 is 0 Å². The van der Waals surface area contributed by atoms with Gasteiger partial charge >= 0.3 is 0 Å². The van der Waals surface area contributed by atoms with Crippen LogP contribution in [0.4, 0.5) is 5.69 Å². The van der Waals surface area contributed by atoms with Crippen molar-refractivity contribution < 1.29 is 23.7 Å². The van der Waals surface area contributed by atoms with Gasteiger partial charge in [0.2, 0.25) is 12.7 Å². The summed E-state index contributed by atoms with van der Waals surface area (Å²) in [6.07, 6.45) is 0.343. The third-order valence-electron chi connectivity index (χ3n) is 4.38. The largest absolute Gasteiger partial charge is 0.497 e. The number of carbonyl (C=O) groups excluding carboxylic acids is 1. The van der Waals surface area contributed by atoms with Crippen LogP contribution < -0.4 is 24.3 Å². The Bertz CT molecular complexity index is 817. The number of anilines is 1. The molecule has 2 aromatic carbocycles. The lowest BCUT2D eigenvalue weighted by molar-refractivity contribution is -0.116. The van der Waals surface area contributed by atoms with E-state index in [0.29, 0.717) is 29.4 Å². The van der Waals surface area contributed by atoms with E-state index < -0.39 is 0 Å². The Balaban J connectivity index is 1.85. The first-order chi connectivity index (χ1) is 11.7. The molecule has 6 heteroatoms. The maximum Gasteiger partial charge on any atom is 0.231 e. The summed E-state index contributed by atoms with van der Waals surface area (Å²) in [5, 5.41) is 2.91. The van der Waals surface area contributed by atoms with Crippen LogP contribution in [0.2, 0.25) is 0 Å². The molecule has 0 saturated carbocycles. The molecule has 2 aliphatic rings. The van der Waals surface area contributed by atoms with Gasteiger partial charge in [-0.1, -0.05) is 6.07 Å². The predicted octanol–water partition coefficient (Wildman–Crippen LogP) is 2.91. The molecule has 0 fully saturated rings. The van der Waals surface area contributed by atoms with Gasteiger partial charge in [-0.3, -0.25) is 4.79 Å². The zero-order valence-electron chi connectivity index (χ0n) is 13.4. The number of hydrogen-bond donors (Lipinski definition) is 1. The third-order valence-corrected chi connectivity index (χ3v) is 4.38. The van der Waals surface area contributed by atoms with Gasteiger partial charge in [0.05, 0.1) is 19.9 Å². The number of nitrogens with one attached hydrogen (secondary N) is 1. The molecule has 1 atom stereocenters. The Morgan fingerprint density at radius 3 is 2.71 bits per heavy atom. The summed E-state index contributed by atoms with van der Waals surface area (Å²) in [4.78, 5) is 12.2. The Morgan fingerprint density at radius 1 is 1.08 bits per heavy atom. The second kappa shape index (κ2) is 5.63. The molecule has 1 amide bonds. The second-order valence-electron chi connectivity index (χ2n) is 5.71. The van der Waals surface area contributed by atoms with Crippen molar-refractivity contribution in [3.63, 3.8) is 0 Å². The number of ether oxygens (including phenoxy) is 4. The highest BCUT2D eigenvalue weighted by molar-refractivity contribution is 5.96. The first-order valence-electron chi connectivity index (χ1n) is 7.65. The van der Waals surface area contributed by atoms with E-state index in [2.05, 4.69) is 5.32 Å². The van der Waals surface area contributed by atoms with Crippen molar-refractivity contribution in [2.75, 3.05) is 26.3 Å². The highest BCUT2D eigenvalue weighted by Crippen LogP contribution is 2.46. The highest BCUT2D eigenvalue weighted by Gasteiger charge is 2.31. The molecule has 4 rings (SSSR count). The van der Waals surface area contributed by atoms with Crippen molar-refractivity contribution in [1.29, 1.82) is 0 Å². The Kier molecular flexibility index (Phi) is 3.45. The van der Waals surface area contributed by atoms with E-state index in [1.807, 2.05) is 30.3 Å². The first-order valence-corrected chi connectivity index (χ1v) is 7.65. The number of benzene rings is 2. The summed E-state index contributed by atoms with van der Waals surface area (Å²) < 4.78 is 21.7. The predicted molar refractivity (Wildman–Crippen MR) is 87.2 cm³/mol. The maximum absolute atomic E-state index is 12.2. The second-order valence-corrected chi connectivity index (χ2v) is 5.71. The lowest BCUT2D eigenvalue weighted by atomic mass is 9.84. The number of carbonyl (C=O) groups is 1. The number of hydrogen-bond acceptors (Lipinski definition) is 5. The van der Waals surface area contributed by atoms with E-state index in [-0.39, 0.29) is 18.6 Å². The molecule has 124 valence electrons. The van der Waals surface area contributed by atoms with Gasteiger partial charge in [-0.05, 0) is 17.7 Å². The van der Waals surface area contributed by atoms with Gasteiger partial charge in [-0.2, -0.15) is 0 Å². The van der Waals surface area contributed by atoms with Crippen LogP contribution in [0.3, 0.4) is 0 Å². The normalized spacial score (nSPS) is 17.9. The molecule has 24 heavy (non-hydrogen) atoms. The van der Waals surface area contributed by atoms with Crippen LogP contribution in [-0.4, -0.2) is 26.9 Å². The monoisotopic (exact) mass is 327 g/mol.